The van der Waals surface area contributed by atoms with Gasteiger partial charge in [-0.15, -0.1) is 0 Å². The van der Waals surface area contributed by atoms with E-state index >= 15 is 0 Å². The molecule has 0 aliphatic rings. The number of phenolic OH excluding ortho intramolecular Hbond substituents is 1. The summed E-state index contributed by atoms with van der Waals surface area (Å²) in [5, 5.41) is 20.9. The number of anilines is 1. The zero-order chi connectivity index (χ0) is 15.1. The second-order valence-corrected chi connectivity index (χ2v) is 4.15. The van der Waals surface area contributed by atoms with Crippen molar-refractivity contribution < 1.29 is 15.0 Å². The van der Waals surface area contributed by atoms with Crippen LogP contribution in [0, 0.1) is 11.8 Å². The Morgan fingerprint density at radius 2 is 2.00 bits per heavy atom. The number of phenols is 1. The van der Waals surface area contributed by atoms with Crippen molar-refractivity contribution in [3.05, 3.63) is 53.7 Å². The number of aromatic nitrogens is 1. The van der Waals surface area contributed by atoms with Gasteiger partial charge in [-0.25, -0.2) is 4.98 Å². The molecule has 5 nitrogen and oxygen atoms in total. The zero-order valence-electron chi connectivity index (χ0n) is 11.2. The number of para-hydroxylation sites is 1. The van der Waals surface area contributed by atoms with E-state index in [1.165, 1.54) is 12.1 Å². The van der Waals surface area contributed by atoms with E-state index in [1.54, 1.807) is 30.3 Å². The normalized spacial score (nSPS) is 9.57. The van der Waals surface area contributed by atoms with Crippen LogP contribution in [0.4, 0.5) is 5.82 Å². The highest BCUT2D eigenvalue weighted by molar-refractivity contribution is 6.05. The Morgan fingerprint density at radius 1 is 1.19 bits per heavy atom. The molecule has 0 radical (unpaired) electrons. The predicted octanol–water partition coefficient (Wildman–Crippen LogP) is 1.77. The quantitative estimate of drug-likeness (QED) is 0.749. The van der Waals surface area contributed by atoms with Gasteiger partial charge in [-0.2, -0.15) is 0 Å². The molecule has 0 aliphatic carbocycles. The Bertz CT molecular complexity index is 702. The van der Waals surface area contributed by atoms with Gasteiger partial charge in [-0.05, 0) is 30.2 Å². The minimum Gasteiger partial charge on any atom is -0.507 e. The highest BCUT2D eigenvalue weighted by atomic mass is 16.3. The second-order valence-electron chi connectivity index (χ2n) is 4.15. The number of benzene rings is 1. The highest BCUT2D eigenvalue weighted by Crippen LogP contribution is 2.17. The summed E-state index contributed by atoms with van der Waals surface area (Å²) < 4.78 is 0. The first-order chi connectivity index (χ1) is 10.2. The van der Waals surface area contributed by atoms with Crippen LogP contribution < -0.4 is 5.32 Å². The molecule has 0 bridgehead atoms. The monoisotopic (exact) mass is 282 g/mol. The van der Waals surface area contributed by atoms with Crippen molar-refractivity contribution in [2.75, 3.05) is 11.9 Å². The maximum atomic E-state index is 12.0. The van der Waals surface area contributed by atoms with Crippen molar-refractivity contribution in [3.63, 3.8) is 0 Å². The lowest BCUT2D eigenvalue weighted by Crippen LogP contribution is -2.13. The molecular weight excluding hydrogens is 268 g/mol. The SMILES string of the molecule is O=C(Nc1cccc(C#CCCO)n1)c1ccccc1O. The number of amides is 1. The van der Waals surface area contributed by atoms with Gasteiger partial charge in [0.15, 0.2) is 0 Å². The van der Waals surface area contributed by atoms with E-state index in [-0.39, 0.29) is 17.9 Å². The van der Waals surface area contributed by atoms with Crippen molar-refractivity contribution in [3.8, 4) is 17.6 Å². The van der Waals surface area contributed by atoms with Gasteiger partial charge < -0.3 is 15.5 Å². The molecule has 0 aliphatic heterocycles. The fourth-order valence-electron chi connectivity index (χ4n) is 1.63. The largest absolute Gasteiger partial charge is 0.507 e. The molecule has 1 aromatic heterocycles. The minimum absolute atomic E-state index is 0.00326. The number of carbonyl (C=O) groups is 1. The summed E-state index contributed by atoms with van der Waals surface area (Å²) in [7, 11) is 0. The summed E-state index contributed by atoms with van der Waals surface area (Å²) in [6, 6.07) is 11.3. The van der Waals surface area contributed by atoms with Crippen LogP contribution in [0.25, 0.3) is 0 Å². The number of aliphatic hydroxyl groups is 1. The summed E-state index contributed by atoms with van der Waals surface area (Å²) >= 11 is 0. The van der Waals surface area contributed by atoms with Crippen LogP contribution in [-0.2, 0) is 0 Å². The van der Waals surface area contributed by atoms with Crippen molar-refractivity contribution >= 4 is 11.7 Å². The first-order valence-corrected chi connectivity index (χ1v) is 6.37. The van der Waals surface area contributed by atoms with Gasteiger partial charge in [0.25, 0.3) is 5.91 Å². The maximum absolute atomic E-state index is 12.0. The van der Waals surface area contributed by atoms with Gasteiger partial charge in [-0.3, -0.25) is 4.79 Å². The Kier molecular flexibility index (Phi) is 4.91. The third-order valence-corrected chi connectivity index (χ3v) is 2.59. The van der Waals surface area contributed by atoms with Gasteiger partial charge >= 0.3 is 0 Å². The summed E-state index contributed by atoms with van der Waals surface area (Å²) in [6.45, 7) is -0.00326. The Balaban J connectivity index is 2.14. The van der Waals surface area contributed by atoms with Gasteiger partial charge in [0, 0.05) is 6.42 Å². The predicted molar refractivity (Wildman–Crippen MR) is 78.9 cm³/mol. The summed E-state index contributed by atoms with van der Waals surface area (Å²) in [5.41, 5.74) is 0.676. The highest BCUT2D eigenvalue weighted by Gasteiger charge is 2.10. The summed E-state index contributed by atoms with van der Waals surface area (Å²) in [6.07, 6.45) is 0.371. The van der Waals surface area contributed by atoms with Gasteiger partial charge in [0.05, 0.1) is 12.2 Å². The molecule has 21 heavy (non-hydrogen) atoms. The van der Waals surface area contributed by atoms with Crippen molar-refractivity contribution in [1.82, 2.24) is 4.98 Å². The Morgan fingerprint density at radius 3 is 2.76 bits per heavy atom. The molecule has 0 fully saturated rings. The third kappa shape index (κ3) is 4.06. The number of aliphatic hydroxyl groups excluding tert-OH is 1. The number of carbonyl (C=O) groups excluding carboxylic acids is 1. The average molecular weight is 282 g/mol. The summed E-state index contributed by atoms with van der Waals surface area (Å²) in [5.74, 6) is 5.36. The van der Waals surface area contributed by atoms with Crippen LogP contribution >= 0.6 is 0 Å². The fraction of sp³-hybridized carbons (Fsp3) is 0.125. The fourth-order valence-corrected chi connectivity index (χ4v) is 1.63. The lowest BCUT2D eigenvalue weighted by molar-refractivity contribution is 0.102. The van der Waals surface area contributed by atoms with Crippen LogP contribution in [-0.4, -0.2) is 27.7 Å². The molecule has 5 heteroatoms. The molecule has 0 saturated carbocycles. The standard InChI is InChI=1S/C16H14N2O3/c19-11-4-3-6-12-7-5-10-15(17-12)18-16(21)13-8-1-2-9-14(13)20/h1-2,5,7-10,19-20H,4,11H2,(H,17,18,21). The molecule has 1 amide bonds. The average Bonchev–Trinajstić information content (AvgIpc) is 2.48. The number of hydrogen-bond donors (Lipinski definition) is 3. The third-order valence-electron chi connectivity index (χ3n) is 2.59. The molecule has 0 saturated heterocycles. The molecule has 0 atom stereocenters. The number of aromatic hydroxyl groups is 1. The zero-order valence-corrected chi connectivity index (χ0v) is 11.2. The Labute approximate surface area is 122 Å². The van der Waals surface area contributed by atoms with Crippen LogP contribution in [0.5, 0.6) is 5.75 Å². The van der Waals surface area contributed by atoms with Gasteiger partial charge in [0.1, 0.15) is 17.3 Å². The van der Waals surface area contributed by atoms with E-state index in [2.05, 4.69) is 22.1 Å². The number of rotatable bonds is 3. The topological polar surface area (TPSA) is 82.5 Å². The molecule has 106 valence electrons. The minimum atomic E-state index is -0.443. The molecular formula is C16H14N2O3. The first kappa shape index (κ1) is 14.6. The Hall–Kier alpha value is -2.84. The van der Waals surface area contributed by atoms with Crippen molar-refractivity contribution in [2.45, 2.75) is 6.42 Å². The number of nitrogens with zero attached hydrogens (tertiary/aromatic N) is 1. The van der Waals surface area contributed by atoms with Gasteiger partial charge in [-0.1, -0.05) is 24.1 Å². The van der Waals surface area contributed by atoms with Crippen LogP contribution in [0.1, 0.15) is 22.5 Å². The summed E-state index contributed by atoms with van der Waals surface area (Å²) in [4.78, 5) is 16.2. The van der Waals surface area contributed by atoms with Gasteiger partial charge in [0.2, 0.25) is 0 Å². The second kappa shape index (κ2) is 7.08. The molecule has 3 N–H and O–H groups in total. The van der Waals surface area contributed by atoms with Crippen molar-refractivity contribution in [1.29, 1.82) is 0 Å². The first-order valence-electron chi connectivity index (χ1n) is 6.37. The molecule has 2 aromatic rings. The van der Waals surface area contributed by atoms with Crippen LogP contribution in [0.15, 0.2) is 42.5 Å². The molecule has 0 unspecified atom stereocenters. The smallest absolute Gasteiger partial charge is 0.260 e. The maximum Gasteiger partial charge on any atom is 0.260 e. The van der Waals surface area contributed by atoms with E-state index in [0.29, 0.717) is 17.9 Å². The molecule has 1 heterocycles. The van der Waals surface area contributed by atoms with E-state index in [0.717, 1.165) is 0 Å². The lowest BCUT2D eigenvalue weighted by Gasteiger charge is -2.06. The lowest BCUT2D eigenvalue weighted by atomic mass is 10.2. The molecule has 1 aromatic carbocycles. The van der Waals surface area contributed by atoms with Crippen LogP contribution in [0.2, 0.25) is 0 Å². The molecule has 0 spiro atoms. The number of hydrogen-bond acceptors (Lipinski definition) is 4. The number of nitrogens with one attached hydrogen (secondary N) is 1. The van der Waals surface area contributed by atoms with Crippen LogP contribution in [0.3, 0.4) is 0 Å². The van der Waals surface area contributed by atoms with Crippen molar-refractivity contribution in [2.24, 2.45) is 0 Å². The van der Waals surface area contributed by atoms with E-state index < -0.39 is 5.91 Å². The molecule has 2 rings (SSSR count). The van der Waals surface area contributed by atoms with E-state index in [1.807, 2.05) is 0 Å². The van der Waals surface area contributed by atoms with E-state index in [4.69, 9.17) is 5.11 Å². The number of pyridine rings is 1. The van der Waals surface area contributed by atoms with E-state index in [9.17, 15) is 9.90 Å².